The molecular formula is C9H18N2O2. The second kappa shape index (κ2) is 3.96. The normalized spacial score (nSPS) is 17.8. The van der Waals surface area contributed by atoms with Gasteiger partial charge in [-0.05, 0) is 20.8 Å². The molecule has 1 aliphatic heterocycles. The maximum Gasteiger partial charge on any atom is 0.317 e. The molecule has 0 unspecified atom stereocenters. The third-order valence-corrected chi connectivity index (χ3v) is 2.05. The number of hydrogen-bond donors (Lipinski definition) is 1. The summed E-state index contributed by atoms with van der Waals surface area (Å²) >= 11 is 0. The van der Waals surface area contributed by atoms with Gasteiger partial charge in [-0.1, -0.05) is 0 Å². The minimum Gasteiger partial charge on any atom is -0.374 e. The Morgan fingerprint density at radius 3 is 2.77 bits per heavy atom. The molecule has 0 atom stereocenters. The lowest BCUT2D eigenvalue weighted by Gasteiger charge is -2.29. The average molecular weight is 186 g/mol. The number of amides is 2. The van der Waals surface area contributed by atoms with Gasteiger partial charge in [0.25, 0.3) is 0 Å². The third-order valence-electron chi connectivity index (χ3n) is 2.05. The Labute approximate surface area is 79.2 Å². The fourth-order valence-corrected chi connectivity index (χ4v) is 1.56. The maximum absolute atomic E-state index is 11.2. The van der Waals surface area contributed by atoms with Crippen LogP contribution in [-0.2, 0) is 4.74 Å². The number of hydrogen-bond acceptors (Lipinski definition) is 2. The van der Waals surface area contributed by atoms with E-state index in [-0.39, 0.29) is 11.6 Å². The summed E-state index contributed by atoms with van der Waals surface area (Å²) in [4.78, 5) is 13.0. The van der Waals surface area contributed by atoms with E-state index in [9.17, 15) is 4.79 Å². The van der Waals surface area contributed by atoms with Crippen molar-refractivity contribution < 1.29 is 9.53 Å². The zero-order valence-corrected chi connectivity index (χ0v) is 8.59. The molecule has 1 N–H and O–H groups in total. The van der Waals surface area contributed by atoms with Gasteiger partial charge < -0.3 is 15.0 Å². The highest BCUT2D eigenvalue weighted by atomic mass is 16.5. The largest absolute Gasteiger partial charge is 0.374 e. The summed E-state index contributed by atoms with van der Waals surface area (Å²) in [7, 11) is 0. The van der Waals surface area contributed by atoms with E-state index in [4.69, 9.17) is 4.74 Å². The lowest BCUT2D eigenvalue weighted by atomic mass is 10.1. The van der Waals surface area contributed by atoms with E-state index < -0.39 is 0 Å². The molecule has 0 radical (unpaired) electrons. The van der Waals surface area contributed by atoms with Crippen molar-refractivity contribution in [3.63, 3.8) is 0 Å². The van der Waals surface area contributed by atoms with Gasteiger partial charge in [0, 0.05) is 19.7 Å². The molecule has 1 rings (SSSR count). The van der Waals surface area contributed by atoms with E-state index in [2.05, 4.69) is 5.32 Å². The van der Waals surface area contributed by atoms with Crippen LogP contribution in [0.25, 0.3) is 0 Å². The van der Waals surface area contributed by atoms with Crippen LogP contribution in [0.3, 0.4) is 0 Å². The van der Waals surface area contributed by atoms with Crippen LogP contribution >= 0.6 is 0 Å². The molecule has 1 saturated heterocycles. The zero-order chi connectivity index (χ0) is 9.90. The fourth-order valence-electron chi connectivity index (χ4n) is 1.56. The standard InChI is InChI=1S/C9H18N2O2/c1-4-13-9(2,3)7-11-6-5-10-8(11)12/h4-7H2,1-3H3,(H,10,12). The van der Waals surface area contributed by atoms with Gasteiger partial charge in [0.15, 0.2) is 0 Å². The molecule has 1 fully saturated rings. The minimum atomic E-state index is -0.240. The van der Waals surface area contributed by atoms with Gasteiger partial charge in [-0.15, -0.1) is 0 Å². The molecule has 0 spiro atoms. The summed E-state index contributed by atoms with van der Waals surface area (Å²) in [5.41, 5.74) is -0.240. The molecule has 13 heavy (non-hydrogen) atoms. The van der Waals surface area contributed by atoms with Gasteiger partial charge in [0.05, 0.1) is 12.1 Å². The molecule has 0 aromatic carbocycles. The Morgan fingerprint density at radius 1 is 1.62 bits per heavy atom. The first kappa shape index (κ1) is 10.3. The van der Waals surface area contributed by atoms with Crippen LogP contribution in [0.2, 0.25) is 0 Å². The molecule has 4 heteroatoms. The number of nitrogens with one attached hydrogen (secondary N) is 1. The SMILES string of the molecule is CCOC(C)(C)CN1CCNC1=O. The van der Waals surface area contributed by atoms with Crippen LogP contribution in [0.5, 0.6) is 0 Å². The summed E-state index contributed by atoms with van der Waals surface area (Å²) in [5, 5.41) is 2.77. The Hall–Kier alpha value is -0.770. The van der Waals surface area contributed by atoms with E-state index in [0.717, 1.165) is 13.1 Å². The number of carbonyl (C=O) groups is 1. The smallest absolute Gasteiger partial charge is 0.317 e. The van der Waals surface area contributed by atoms with Crippen molar-refractivity contribution in [1.29, 1.82) is 0 Å². The van der Waals surface area contributed by atoms with Gasteiger partial charge in [0.1, 0.15) is 0 Å². The lowest BCUT2D eigenvalue weighted by Crippen LogP contribution is -2.42. The molecular weight excluding hydrogens is 168 g/mol. The highest BCUT2D eigenvalue weighted by Crippen LogP contribution is 2.12. The van der Waals surface area contributed by atoms with Crippen molar-refractivity contribution in [2.24, 2.45) is 0 Å². The second-order valence-electron chi connectivity index (χ2n) is 3.85. The average Bonchev–Trinajstić information content (AvgIpc) is 2.35. The summed E-state index contributed by atoms with van der Waals surface area (Å²) in [6.45, 7) is 8.85. The predicted octanol–water partition coefficient (Wildman–Crippen LogP) is 0.827. The first-order chi connectivity index (χ1) is 6.05. The summed E-state index contributed by atoms with van der Waals surface area (Å²) in [6.07, 6.45) is 0. The highest BCUT2D eigenvalue weighted by Gasteiger charge is 2.27. The number of urea groups is 1. The zero-order valence-electron chi connectivity index (χ0n) is 8.59. The van der Waals surface area contributed by atoms with Gasteiger partial charge in [-0.2, -0.15) is 0 Å². The number of nitrogens with zero attached hydrogens (tertiary/aromatic N) is 1. The minimum absolute atomic E-state index is 0.0211. The van der Waals surface area contributed by atoms with E-state index in [1.807, 2.05) is 20.8 Å². The van der Waals surface area contributed by atoms with Crippen LogP contribution in [0.1, 0.15) is 20.8 Å². The van der Waals surface area contributed by atoms with E-state index in [1.165, 1.54) is 0 Å². The van der Waals surface area contributed by atoms with Gasteiger partial charge >= 0.3 is 6.03 Å². The van der Waals surface area contributed by atoms with Gasteiger partial charge in [-0.3, -0.25) is 0 Å². The molecule has 2 amide bonds. The highest BCUT2D eigenvalue weighted by molar-refractivity contribution is 5.76. The topological polar surface area (TPSA) is 41.6 Å². The van der Waals surface area contributed by atoms with Crippen molar-refractivity contribution in [2.75, 3.05) is 26.2 Å². The molecule has 0 aromatic heterocycles. The van der Waals surface area contributed by atoms with Crippen LogP contribution < -0.4 is 5.32 Å². The van der Waals surface area contributed by atoms with Crippen molar-refractivity contribution in [1.82, 2.24) is 10.2 Å². The van der Waals surface area contributed by atoms with E-state index in [0.29, 0.717) is 13.2 Å². The van der Waals surface area contributed by atoms with Crippen molar-refractivity contribution in [3.05, 3.63) is 0 Å². The van der Waals surface area contributed by atoms with Crippen LogP contribution in [-0.4, -0.2) is 42.8 Å². The van der Waals surface area contributed by atoms with Crippen LogP contribution in [0, 0.1) is 0 Å². The molecule has 4 nitrogen and oxygen atoms in total. The quantitative estimate of drug-likeness (QED) is 0.706. The molecule has 0 aromatic rings. The van der Waals surface area contributed by atoms with E-state index >= 15 is 0 Å². The van der Waals surface area contributed by atoms with Gasteiger partial charge in [0.2, 0.25) is 0 Å². The first-order valence-electron chi connectivity index (χ1n) is 4.72. The first-order valence-corrected chi connectivity index (χ1v) is 4.72. The molecule has 0 aliphatic carbocycles. The van der Waals surface area contributed by atoms with Crippen LogP contribution in [0.4, 0.5) is 4.79 Å². The molecule has 0 saturated carbocycles. The molecule has 0 bridgehead atoms. The summed E-state index contributed by atoms with van der Waals surface area (Å²) in [6, 6.07) is 0.0211. The van der Waals surface area contributed by atoms with E-state index in [1.54, 1.807) is 4.90 Å². The van der Waals surface area contributed by atoms with Gasteiger partial charge in [-0.25, -0.2) is 4.79 Å². The summed E-state index contributed by atoms with van der Waals surface area (Å²) < 4.78 is 5.52. The summed E-state index contributed by atoms with van der Waals surface area (Å²) in [5.74, 6) is 0. The monoisotopic (exact) mass is 186 g/mol. The number of carbonyl (C=O) groups excluding carboxylic acids is 1. The Morgan fingerprint density at radius 2 is 2.31 bits per heavy atom. The second-order valence-corrected chi connectivity index (χ2v) is 3.85. The van der Waals surface area contributed by atoms with Crippen molar-refractivity contribution >= 4 is 6.03 Å². The molecule has 76 valence electrons. The van der Waals surface area contributed by atoms with Crippen LogP contribution in [0.15, 0.2) is 0 Å². The molecule has 1 aliphatic rings. The van der Waals surface area contributed by atoms with Crippen molar-refractivity contribution in [2.45, 2.75) is 26.4 Å². The predicted molar refractivity (Wildman–Crippen MR) is 50.7 cm³/mol. The number of ether oxygens (including phenoxy) is 1. The van der Waals surface area contributed by atoms with Crippen molar-refractivity contribution in [3.8, 4) is 0 Å². The lowest BCUT2D eigenvalue weighted by molar-refractivity contribution is -0.0243. The molecule has 1 heterocycles. The fraction of sp³-hybridized carbons (Fsp3) is 0.889. The maximum atomic E-state index is 11.2. The Kier molecular flexibility index (Phi) is 3.14. The number of rotatable bonds is 4. The Balaban J connectivity index is 2.42. The third kappa shape index (κ3) is 2.88. The Bertz CT molecular complexity index is 192.